The van der Waals surface area contributed by atoms with Gasteiger partial charge in [-0.1, -0.05) is 0 Å². The van der Waals surface area contributed by atoms with E-state index in [1.165, 1.54) is 18.9 Å². The van der Waals surface area contributed by atoms with Gasteiger partial charge in [-0.25, -0.2) is 4.39 Å². The van der Waals surface area contributed by atoms with Gasteiger partial charge < -0.3 is 29.2 Å². The highest BCUT2D eigenvalue weighted by atomic mass is 127. The first kappa shape index (κ1) is 26.4. The topological polar surface area (TPSA) is 64.6 Å². The van der Waals surface area contributed by atoms with E-state index in [1.54, 1.807) is 6.07 Å². The number of fused-ring (bicyclic) bond motifs is 1. The van der Waals surface area contributed by atoms with Crippen LogP contribution in [0.25, 0.3) is 0 Å². The van der Waals surface area contributed by atoms with Crippen molar-refractivity contribution in [3.05, 3.63) is 29.1 Å². The SMILES string of the molecule is CCNC(=NCCc1cc(F)cc2c1OCOC2)N1CCC(OCC2CCCCO2)CC1.I. The van der Waals surface area contributed by atoms with Crippen molar-refractivity contribution in [1.82, 2.24) is 10.2 Å². The van der Waals surface area contributed by atoms with Crippen LogP contribution in [0.2, 0.25) is 0 Å². The van der Waals surface area contributed by atoms with Crippen LogP contribution in [0, 0.1) is 5.82 Å². The van der Waals surface area contributed by atoms with Gasteiger partial charge in [0.05, 0.1) is 25.4 Å². The van der Waals surface area contributed by atoms with Gasteiger partial charge in [0, 0.05) is 38.3 Å². The molecule has 0 bridgehead atoms. The molecule has 0 amide bonds. The number of hydrogen-bond acceptors (Lipinski definition) is 5. The van der Waals surface area contributed by atoms with Crippen LogP contribution < -0.4 is 10.1 Å². The van der Waals surface area contributed by atoms with Gasteiger partial charge in [0.1, 0.15) is 11.6 Å². The summed E-state index contributed by atoms with van der Waals surface area (Å²) in [5.74, 6) is 1.40. The molecule has 1 N–H and O–H groups in total. The van der Waals surface area contributed by atoms with E-state index in [2.05, 4.69) is 17.1 Å². The molecule has 7 nitrogen and oxygen atoms in total. The number of rotatable bonds is 7. The lowest BCUT2D eigenvalue weighted by atomic mass is 10.1. The van der Waals surface area contributed by atoms with Crippen molar-refractivity contribution in [1.29, 1.82) is 0 Å². The first-order chi connectivity index (χ1) is 15.7. The summed E-state index contributed by atoms with van der Waals surface area (Å²) in [4.78, 5) is 7.11. The Morgan fingerprint density at radius 2 is 2.09 bits per heavy atom. The molecule has 4 rings (SSSR count). The molecule has 2 fully saturated rings. The number of aliphatic imine (C=N–C) groups is 1. The molecule has 2 saturated heterocycles. The number of piperidine rings is 1. The number of likely N-dealkylation sites (tertiary alicyclic amines) is 1. The van der Waals surface area contributed by atoms with E-state index in [0.29, 0.717) is 26.2 Å². The van der Waals surface area contributed by atoms with Gasteiger partial charge in [0.15, 0.2) is 12.8 Å². The fourth-order valence-electron chi connectivity index (χ4n) is 4.57. The zero-order valence-corrected chi connectivity index (χ0v) is 21.9. The van der Waals surface area contributed by atoms with E-state index < -0.39 is 0 Å². The van der Waals surface area contributed by atoms with Crippen molar-refractivity contribution in [2.75, 3.05) is 46.2 Å². The molecule has 0 aromatic heterocycles. The molecule has 0 aliphatic carbocycles. The number of guanidine groups is 1. The van der Waals surface area contributed by atoms with E-state index in [4.69, 9.17) is 23.9 Å². The molecular formula is C24H37FIN3O4. The monoisotopic (exact) mass is 577 g/mol. The van der Waals surface area contributed by atoms with Crippen LogP contribution in [0.5, 0.6) is 5.75 Å². The Balaban J connectivity index is 0.00000306. The Morgan fingerprint density at radius 1 is 1.24 bits per heavy atom. The fraction of sp³-hybridized carbons (Fsp3) is 0.708. The minimum Gasteiger partial charge on any atom is -0.467 e. The summed E-state index contributed by atoms with van der Waals surface area (Å²) in [7, 11) is 0. The van der Waals surface area contributed by atoms with Gasteiger partial charge in [-0.3, -0.25) is 4.99 Å². The molecule has 1 atom stereocenters. The molecule has 0 saturated carbocycles. The van der Waals surface area contributed by atoms with Crippen LogP contribution in [0.15, 0.2) is 17.1 Å². The highest BCUT2D eigenvalue weighted by Gasteiger charge is 2.24. The predicted octanol–water partition coefficient (Wildman–Crippen LogP) is 3.87. The average Bonchev–Trinajstić information content (AvgIpc) is 2.83. The van der Waals surface area contributed by atoms with Crippen LogP contribution in [0.1, 0.15) is 50.2 Å². The molecule has 1 aromatic rings. The Morgan fingerprint density at radius 3 is 2.85 bits per heavy atom. The zero-order valence-electron chi connectivity index (χ0n) is 19.5. The molecule has 1 unspecified atom stereocenters. The smallest absolute Gasteiger partial charge is 0.193 e. The molecule has 3 aliphatic rings. The van der Waals surface area contributed by atoms with Gasteiger partial charge in [-0.2, -0.15) is 0 Å². The number of nitrogens with one attached hydrogen (secondary N) is 1. The second kappa shape index (κ2) is 13.7. The lowest BCUT2D eigenvalue weighted by molar-refractivity contribution is -0.0721. The molecule has 33 heavy (non-hydrogen) atoms. The Kier molecular flexibility index (Phi) is 10.9. The maximum absolute atomic E-state index is 14.0. The van der Waals surface area contributed by atoms with Crippen LogP contribution in [0.4, 0.5) is 4.39 Å². The Labute approximate surface area is 213 Å². The number of hydrogen-bond donors (Lipinski definition) is 1. The quantitative estimate of drug-likeness (QED) is 0.302. The fourth-order valence-corrected chi connectivity index (χ4v) is 4.57. The molecular weight excluding hydrogens is 540 g/mol. The second-order valence-corrected chi connectivity index (χ2v) is 8.66. The number of halogens is 2. The molecule has 0 spiro atoms. The highest BCUT2D eigenvalue weighted by molar-refractivity contribution is 14.0. The van der Waals surface area contributed by atoms with Crippen LogP contribution in [-0.2, 0) is 27.2 Å². The minimum absolute atomic E-state index is 0. The van der Waals surface area contributed by atoms with E-state index in [1.807, 2.05) is 0 Å². The van der Waals surface area contributed by atoms with Gasteiger partial charge in [0.25, 0.3) is 0 Å². The van der Waals surface area contributed by atoms with Crippen molar-refractivity contribution < 1.29 is 23.3 Å². The van der Waals surface area contributed by atoms with Gasteiger partial charge in [-0.05, 0) is 63.1 Å². The summed E-state index contributed by atoms with van der Waals surface area (Å²) in [6.45, 7) is 7.46. The molecule has 3 aliphatic heterocycles. The molecule has 1 aromatic carbocycles. The second-order valence-electron chi connectivity index (χ2n) is 8.66. The number of ether oxygens (including phenoxy) is 4. The molecule has 3 heterocycles. The van der Waals surface area contributed by atoms with Gasteiger partial charge in [-0.15, -0.1) is 24.0 Å². The summed E-state index contributed by atoms with van der Waals surface area (Å²) in [5.41, 5.74) is 1.61. The van der Waals surface area contributed by atoms with Crippen LogP contribution in [0.3, 0.4) is 0 Å². The third kappa shape index (κ3) is 7.66. The van der Waals surface area contributed by atoms with Gasteiger partial charge >= 0.3 is 0 Å². The van der Waals surface area contributed by atoms with Gasteiger partial charge in [0.2, 0.25) is 0 Å². The number of nitrogens with zero attached hydrogens (tertiary/aromatic N) is 2. The Hall–Kier alpha value is -1.17. The predicted molar refractivity (Wildman–Crippen MR) is 136 cm³/mol. The highest BCUT2D eigenvalue weighted by Crippen LogP contribution is 2.29. The zero-order chi connectivity index (χ0) is 22.2. The van der Waals surface area contributed by atoms with Crippen molar-refractivity contribution in [2.24, 2.45) is 4.99 Å². The summed E-state index contributed by atoms with van der Waals surface area (Å²) in [6, 6.07) is 3.03. The average molecular weight is 577 g/mol. The lowest BCUT2D eigenvalue weighted by Crippen LogP contribution is -2.47. The maximum atomic E-state index is 14.0. The first-order valence-corrected chi connectivity index (χ1v) is 12.0. The van der Waals surface area contributed by atoms with Crippen LogP contribution in [-0.4, -0.2) is 69.3 Å². The van der Waals surface area contributed by atoms with Crippen molar-refractivity contribution in [2.45, 2.75) is 64.3 Å². The summed E-state index contributed by atoms with van der Waals surface area (Å²) in [5, 5.41) is 3.40. The molecule has 9 heteroatoms. The third-order valence-corrected chi connectivity index (χ3v) is 6.26. The molecule has 186 valence electrons. The maximum Gasteiger partial charge on any atom is 0.193 e. The normalized spacial score (nSPS) is 21.7. The first-order valence-electron chi connectivity index (χ1n) is 12.0. The van der Waals surface area contributed by atoms with E-state index in [0.717, 1.165) is 68.3 Å². The lowest BCUT2D eigenvalue weighted by Gasteiger charge is -2.35. The minimum atomic E-state index is -0.260. The third-order valence-electron chi connectivity index (χ3n) is 6.26. The van der Waals surface area contributed by atoms with E-state index in [-0.39, 0.29) is 48.8 Å². The van der Waals surface area contributed by atoms with Crippen molar-refractivity contribution in [3.63, 3.8) is 0 Å². The number of benzene rings is 1. The van der Waals surface area contributed by atoms with Crippen LogP contribution >= 0.6 is 24.0 Å². The van der Waals surface area contributed by atoms with E-state index in [9.17, 15) is 4.39 Å². The summed E-state index contributed by atoms with van der Waals surface area (Å²) < 4.78 is 36.8. The standard InChI is InChI=1S/C24H36FN3O4.HI/c1-2-26-24(27-9-6-18-13-20(25)14-19-15-29-17-32-23(18)19)28-10-7-21(8-11-28)31-16-22-5-3-4-12-30-22;/h13-14,21-22H,2-12,15-17H2,1H3,(H,26,27);1H. The molecule has 0 radical (unpaired) electrons. The van der Waals surface area contributed by atoms with Crippen molar-refractivity contribution >= 4 is 29.9 Å². The largest absolute Gasteiger partial charge is 0.467 e. The summed E-state index contributed by atoms with van der Waals surface area (Å²) in [6.07, 6.45) is 6.68. The summed E-state index contributed by atoms with van der Waals surface area (Å²) >= 11 is 0. The van der Waals surface area contributed by atoms with E-state index >= 15 is 0 Å². The Bertz CT molecular complexity index is 768. The van der Waals surface area contributed by atoms with Crippen molar-refractivity contribution in [3.8, 4) is 5.75 Å².